The number of benzene rings is 7. The van der Waals surface area contributed by atoms with Crippen LogP contribution in [0.25, 0.3) is 98.5 Å². The quantitative estimate of drug-likeness (QED) is 0.185. The van der Waals surface area contributed by atoms with E-state index >= 15 is 0 Å². The summed E-state index contributed by atoms with van der Waals surface area (Å²) in [5, 5.41) is 4.66. The molecule has 3 aromatic heterocycles. The Morgan fingerprint density at radius 1 is 0.380 bits per heavy atom. The number of furan rings is 1. The average Bonchev–Trinajstić information content (AvgIpc) is 3.77. The second kappa shape index (κ2) is 11.6. The van der Waals surface area contributed by atoms with Gasteiger partial charge < -0.3 is 4.42 Å². The minimum absolute atomic E-state index is 0.609. The van der Waals surface area contributed by atoms with Gasteiger partial charge in [-0.15, -0.1) is 11.3 Å². The third-order valence-corrected chi connectivity index (χ3v) is 10.6. The molecule has 0 aliphatic carbocycles. The summed E-state index contributed by atoms with van der Waals surface area (Å²) in [6.07, 6.45) is 0. The summed E-state index contributed by atoms with van der Waals surface area (Å²) in [5.74, 6) is 1.86. The van der Waals surface area contributed by atoms with Crippen LogP contribution in [0.3, 0.4) is 0 Å². The van der Waals surface area contributed by atoms with E-state index in [1.165, 1.54) is 31.3 Å². The van der Waals surface area contributed by atoms with Crippen molar-refractivity contribution in [2.75, 3.05) is 0 Å². The SMILES string of the molecule is c1ccc(-c2nc(-c3ccc(-c4cccc(-c5cccc6c5sc5ccccc56)c4)cc3)nc(-c3cccc4oc5ccccc5c34)n2)cc1. The zero-order chi connectivity index (χ0) is 33.0. The lowest BCUT2D eigenvalue weighted by Crippen LogP contribution is -2.00. The number of hydrogen-bond donors (Lipinski definition) is 0. The molecule has 0 fully saturated rings. The van der Waals surface area contributed by atoms with E-state index in [4.69, 9.17) is 19.4 Å². The summed E-state index contributed by atoms with van der Waals surface area (Å²) in [7, 11) is 0. The number of hydrogen-bond acceptors (Lipinski definition) is 5. The first-order valence-electron chi connectivity index (χ1n) is 16.6. The summed E-state index contributed by atoms with van der Waals surface area (Å²) in [5.41, 5.74) is 9.17. The van der Waals surface area contributed by atoms with Crippen LogP contribution in [0.5, 0.6) is 0 Å². The van der Waals surface area contributed by atoms with Crippen LogP contribution in [0.1, 0.15) is 0 Å². The van der Waals surface area contributed by atoms with Gasteiger partial charge in [-0.25, -0.2) is 15.0 Å². The van der Waals surface area contributed by atoms with Crippen molar-refractivity contribution in [2.24, 2.45) is 0 Å². The highest BCUT2D eigenvalue weighted by molar-refractivity contribution is 7.26. The molecule has 10 rings (SSSR count). The van der Waals surface area contributed by atoms with Crippen molar-refractivity contribution in [3.05, 3.63) is 164 Å². The maximum absolute atomic E-state index is 6.20. The summed E-state index contributed by atoms with van der Waals surface area (Å²) >= 11 is 1.86. The molecule has 10 aromatic rings. The molecule has 5 heteroatoms. The Bertz CT molecular complexity index is 2870. The van der Waals surface area contributed by atoms with Crippen LogP contribution in [0.2, 0.25) is 0 Å². The molecule has 0 aliphatic heterocycles. The Kier molecular flexibility index (Phi) is 6.64. The van der Waals surface area contributed by atoms with Crippen molar-refractivity contribution in [2.45, 2.75) is 0 Å². The maximum Gasteiger partial charge on any atom is 0.164 e. The lowest BCUT2D eigenvalue weighted by molar-refractivity contribution is 0.669. The number of aromatic nitrogens is 3. The fraction of sp³-hybridized carbons (Fsp3) is 0. The summed E-state index contributed by atoms with van der Waals surface area (Å²) in [6.45, 7) is 0. The van der Waals surface area contributed by atoms with Gasteiger partial charge in [0.05, 0.1) is 0 Å². The second-order valence-corrected chi connectivity index (χ2v) is 13.4. The minimum atomic E-state index is 0.609. The van der Waals surface area contributed by atoms with E-state index in [0.717, 1.165) is 49.8 Å². The number of fused-ring (bicyclic) bond motifs is 6. The molecule has 0 saturated carbocycles. The molecule has 234 valence electrons. The molecule has 3 heterocycles. The third kappa shape index (κ3) is 4.79. The molecular formula is C45H27N3OS. The van der Waals surface area contributed by atoms with Gasteiger partial charge in [-0.1, -0.05) is 140 Å². The maximum atomic E-state index is 6.20. The van der Waals surface area contributed by atoms with Crippen molar-refractivity contribution in [3.63, 3.8) is 0 Å². The van der Waals surface area contributed by atoms with Crippen molar-refractivity contribution in [1.82, 2.24) is 15.0 Å². The molecule has 50 heavy (non-hydrogen) atoms. The van der Waals surface area contributed by atoms with E-state index in [0.29, 0.717) is 17.5 Å². The predicted octanol–water partition coefficient (Wildman–Crippen LogP) is 12.5. The molecule has 0 aliphatic rings. The fourth-order valence-electron chi connectivity index (χ4n) is 6.96. The summed E-state index contributed by atoms with van der Waals surface area (Å²) in [4.78, 5) is 15.1. The van der Waals surface area contributed by atoms with Gasteiger partial charge in [0.1, 0.15) is 11.2 Å². The van der Waals surface area contributed by atoms with Crippen LogP contribution in [-0.4, -0.2) is 15.0 Å². The molecule has 0 saturated heterocycles. The number of thiophene rings is 1. The first-order valence-corrected chi connectivity index (χ1v) is 17.4. The topological polar surface area (TPSA) is 51.8 Å². The van der Waals surface area contributed by atoms with Crippen molar-refractivity contribution >= 4 is 53.4 Å². The van der Waals surface area contributed by atoms with Crippen LogP contribution in [-0.2, 0) is 0 Å². The van der Waals surface area contributed by atoms with E-state index in [9.17, 15) is 0 Å². The smallest absolute Gasteiger partial charge is 0.164 e. The van der Waals surface area contributed by atoms with Gasteiger partial charge in [-0.3, -0.25) is 0 Å². The highest BCUT2D eigenvalue weighted by atomic mass is 32.1. The molecule has 0 N–H and O–H groups in total. The first-order chi connectivity index (χ1) is 24.8. The highest BCUT2D eigenvalue weighted by Gasteiger charge is 2.18. The fourth-order valence-corrected chi connectivity index (χ4v) is 8.19. The van der Waals surface area contributed by atoms with Gasteiger partial charge in [-0.05, 0) is 46.5 Å². The van der Waals surface area contributed by atoms with Crippen LogP contribution >= 0.6 is 11.3 Å². The van der Waals surface area contributed by atoms with Crippen LogP contribution in [0.15, 0.2) is 168 Å². The number of nitrogens with zero attached hydrogens (tertiary/aromatic N) is 3. The van der Waals surface area contributed by atoms with Crippen molar-refractivity contribution in [1.29, 1.82) is 0 Å². The normalized spacial score (nSPS) is 11.6. The van der Waals surface area contributed by atoms with Gasteiger partial charge in [0.25, 0.3) is 0 Å². The first kappa shape index (κ1) is 28.6. The Balaban J connectivity index is 1.06. The molecule has 0 bridgehead atoms. The number of para-hydroxylation sites is 1. The molecule has 4 nitrogen and oxygen atoms in total. The summed E-state index contributed by atoms with van der Waals surface area (Å²) < 4.78 is 8.83. The van der Waals surface area contributed by atoms with Crippen molar-refractivity contribution in [3.8, 4) is 56.4 Å². The largest absolute Gasteiger partial charge is 0.456 e. The Labute approximate surface area is 292 Å². The molecular weight excluding hydrogens is 631 g/mol. The molecule has 7 aromatic carbocycles. The minimum Gasteiger partial charge on any atom is -0.456 e. The third-order valence-electron chi connectivity index (χ3n) is 9.37. The van der Waals surface area contributed by atoms with E-state index in [1.54, 1.807) is 0 Å². The molecule has 0 atom stereocenters. The van der Waals surface area contributed by atoms with E-state index in [1.807, 2.05) is 72.0 Å². The van der Waals surface area contributed by atoms with Gasteiger partial charge in [0.15, 0.2) is 17.5 Å². The monoisotopic (exact) mass is 657 g/mol. The molecule has 0 radical (unpaired) electrons. The Hall–Kier alpha value is -6.43. The van der Waals surface area contributed by atoms with Crippen LogP contribution in [0, 0.1) is 0 Å². The number of rotatable bonds is 5. The highest BCUT2D eigenvalue weighted by Crippen LogP contribution is 2.41. The molecule has 0 unspecified atom stereocenters. The zero-order valence-electron chi connectivity index (χ0n) is 26.7. The van der Waals surface area contributed by atoms with Gasteiger partial charge in [0, 0.05) is 47.6 Å². The lowest BCUT2D eigenvalue weighted by atomic mass is 9.97. The molecule has 0 amide bonds. The van der Waals surface area contributed by atoms with Gasteiger partial charge >= 0.3 is 0 Å². The van der Waals surface area contributed by atoms with Crippen LogP contribution in [0.4, 0.5) is 0 Å². The van der Waals surface area contributed by atoms with E-state index in [-0.39, 0.29) is 0 Å². The predicted molar refractivity (Wildman–Crippen MR) is 207 cm³/mol. The molecule has 0 spiro atoms. The Morgan fingerprint density at radius 3 is 1.82 bits per heavy atom. The van der Waals surface area contributed by atoms with Crippen LogP contribution < -0.4 is 0 Å². The Morgan fingerprint density at radius 2 is 0.960 bits per heavy atom. The van der Waals surface area contributed by atoms with E-state index in [2.05, 4.69) is 103 Å². The van der Waals surface area contributed by atoms with Gasteiger partial charge in [-0.2, -0.15) is 0 Å². The summed E-state index contributed by atoms with van der Waals surface area (Å²) in [6, 6.07) is 56.9. The van der Waals surface area contributed by atoms with Crippen molar-refractivity contribution < 1.29 is 4.42 Å². The zero-order valence-corrected chi connectivity index (χ0v) is 27.6. The second-order valence-electron chi connectivity index (χ2n) is 12.4. The standard InChI is InChI=1S/C45H27N3OS/c1-2-11-29(12-3-1)43-46-44(48-45(47-43)37-19-10-21-39-41(37)36-16-4-6-20-38(36)49-39)30-25-23-28(24-26-30)31-13-8-14-32(27-31)33-17-9-18-35-34-15-5-7-22-40(34)50-42(33)35/h1-27H. The lowest BCUT2D eigenvalue weighted by Gasteiger charge is -2.10. The van der Waals surface area contributed by atoms with E-state index < -0.39 is 0 Å². The average molecular weight is 658 g/mol. The van der Waals surface area contributed by atoms with Gasteiger partial charge in [0.2, 0.25) is 0 Å².